The van der Waals surface area contributed by atoms with E-state index in [2.05, 4.69) is 15.1 Å². The Hall–Kier alpha value is -3.75. The average molecular weight is 394 g/mol. The van der Waals surface area contributed by atoms with Gasteiger partial charge in [0.1, 0.15) is 23.2 Å². The molecule has 29 heavy (non-hydrogen) atoms. The highest BCUT2D eigenvalue weighted by molar-refractivity contribution is 5.99. The van der Waals surface area contributed by atoms with Crippen LogP contribution in [0.25, 0.3) is 22.6 Å². The minimum absolute atomic E-state index is 0.0216. The van der Waals surface area contributed by atoms with Gasteiger partial charge >= 0.3 is 5.97 Å². The number of oxazole rings is 1. The monoisotopic (exact) mass is 394 g/mol. The number of nitrogens with zero attached hydrogens (tertiary/aromatic N) is 4. The van der Waals surface area contributed by atoms with E-state index in [9.17, 15) is 9.59 Å². The molecule has 0 aliphatic heterocycles. The predicted molar refractivity (Wildman–Crippen MR) is 103 cm³/mol. The van der Waals surface area contributed by atoms with Crippen molar-refractivity contribution in [2.45, 2.75) is 27.3 Å². The van der Waals surface area contributed by atoms with Gasteiger partial charge in [-0.15, -0.1) is 0 Å². The van der Waals surface area contributed by atoms with E-state index < -0.39 is 11.5 Å². The Balaban J connectivity index is 1.72. The third kappa shape index (κ3) is 3.42. The lowest BCUT2D eigenvalue weighted by Crippen LogP contribution is -2.23. The van der Waals surface area contributed by atoms with E-state index >= 15 is 0 Å². The van der Waals surface area contributed by atoms with Gasteiger partial charge in [-0.05, 0) is 32.9 Å². The van der Waals surface area contributed by atoms with E-state index in [1.54, 1.807) is 13.8 Å². The fraction of sp³-hybridized carbons (Fsp3) is 0.250. The molecule has 0 amide bonds. The zero-order valence-corrected chi connectivity index (χ0v) is 16.1. The number of hydrogen-bond acceptors (Lipinski definition) is 8. The Bertz CT molecular complexity index is 1270. The summed E-state index contributed by atoms with van der Waals surface area (Å²) in [6.45, 7) is 5.70. The van der Waals surface area contributed by atoms with Crippen LogP contribution in [-0.4, -0.2) is 32.3 Å². The van der Waals surface area contributed by atoms with Crippen LogP contribution >= 0.6 is 0 Å². The Morgan fingerprint density at radius 2 is 2.10 bits per heavy atom. The Morgan fingerprint density at radius 1 is 1.28 bits per heavy atom. The van der Waals surface area contributed by atoms with Gasteiger partial charge in [-0.2, -0.15) is 0 Å². The van der Waals surface area contributed by atoms with Gasteiger partial charge in [-0.3, -0.25) is 9.36 Å². The molecule has 9 heteroatoms. The van der Waals surface area contributed by atoms with Gasteiger partial charge in [0.05, 0.1) is 13.2 Å². The number of ether oxygens (including phenoxy) is 1. The highest BCUT2D eigenvalue weighted by atomic mass is 16.5. The molecule has 0 bridgehead atoms. The van der Waals surface area contributed by atoms with Crippen molar-refractivity contribution in [2.75, 3.05) is 6.61 Å². The van der Waals surface area contributed by atoms with Crippen LogP contribution in [0.4, 0.5) is 0 Å². The normalized spacial score (nSPS) is 11.1. The minimum atomic E-state index is -0.734. The van der Waals surface area contributed by atoms with Crippen LogP contribution in [0, 0.1) is 13.8 Å². The highest BCUT2D eigenvalue weighted by Crippen LogP contribution is 2.23. The zero-order valence-electron chi connectivity index (χ0n) is 16.1. The highest BCUT2D eigenvalue weighted by Gasteiger charge is 2.23. The molecule has 1 aromatic carbocycles. The number of esters is 1. The van der Waals surface area contributed by atoms with Crippen molar-refractivity contribution in [3.05, 3.63) is 63.7 Å². The van der Waals surface area contributed by atoms with Gasteiger partial charge in [0, 0.05) is 5.56 Å². The molecule has 148 valence electrons. The van der Waals surface area contributed by atoms with Gasteiger partial charge in [0.15, 0.2) is 0 Å². The van der Waals surface area contributed by atoms with Crippen molar-refractivity contribution < 1.29 is 18.5 Å². The van der Waals surface area contributed by atoms with E-state index in [0.29, 0.717) is 17.3 Å². The molecule has 4 aromatic rings. The van der Waals surface area contributed by atoms with Crippen LogP contribution in [0.5, 0.6) is 0 Å². The number of fused-ring (bicyclic) bond motifs is 1. The quantitative estimate of drug-likeness (QED) is 0.475. The molecule has 9 nitrogen and oxygen atoms in total. The molecule has 0 unspecified atom stereocenters. The summed E-state index contributed by atoms with van der Waals surface area (Å²) in [4.78, 5) is 33.6. The Morgan fingerprint density at radius 3 is 2.86 bits per heavy atom. The molecular weight excluding hydrogens is 376 g/mol. The summed E-state index contributed by atoms with van der Waals surface area (Å²) < 4.78 is 17.0. The largest absolute Gasteiger partial charge is 0.461 e. The molecule has 0 N–H and O–H groups in total. The number of carbonyl (C=O) groups excluding carboxylic acids is 1. The van der Waals surface area contributed by atoms with Crippen molar-refractivity contribution in [2.24, 2.45) is 0 Å². The fourth-order valence-electron chi connectivity index (χ4n) is 2.97. The van der Waals surface area contributed by atoms with Crippen molar-refractivity contribution >= 4 is 17.1 Å². The summed E-state index contributed by atoms with van der Waals surface area (Å²) >= 11 is 0. The van der Waals surface area contributed by atoms with E-state index in [0.717, 1.165) is 11.1 Å². The number of hydrogen-bond donors (Lipinski definition) is 0. The van der Waals surface area contributed by atoms with E-state index in [-0.39, 0.29) is 29.9 Å². The van der Waals surface area contributed by atoms with Crippen molar-refractivity contribution in [3.63, 3.8) is 0 Å². The summed E-state index contributed by atoms with van der Waals surface area (Å²) in [5.74, 6) is 0.326. The van der Waals surface area contributed by atoms with Gasteiger partial charge in [0.2, 0.25) is 11.6 Å². The third-order valence-electron chi connectivity index (χ3n) is 4.41. The van der Waals surface area contributed by atoms with Gasteiger partial charge in [-0.1, -0.05) is 22.9 Å². The van der Waals surface area contributed by atoms with Crippen molar-refractivity contribution in [1.29, 1.82) is 0 Å². The average Bonchev–Trinajstić information content (AvgIpc) is 3.29. The number of carbonyl (C=O) groups is 1. The fourth-order valence-corrected chi connectivity index (χ4v) is 2.97. The predicted octanol–water partition coefficient (Wildman–Crippen LogP) is 2.88. The minimum Gasteiger partial charge on any atom is -0.461 e. The third-order valence-corrected chi connectivity index (χ3v) is 4.41. The summed E-state index contributed by atoms with van der Waals surface area (Å²) in [5, 5.41) is 3.61. The summed E-state index contributed by atoms with van der Waals surface area (Å²) in [6, 6.07) is 7.79. The maximum absolute atomic E-state index is 12.9. The lowest BCUT2D eigenvalue weighted by atomic mass is 10.1. The first kappa shape index (κ1) is 18.6. The Labute approximate surface area is 164 Å². The summed E-state index contributed by atoms with van der Waals surface area (Å²) in [5.41, 5.74) is 1.84. The van der Waals surface area contributed by atoms with Gasteiger partial charge < -0.3 is 13.7 Å². The first-order valence-electron chi connectivity index (χ1n) is 9.03. The van der Waals surface area contributed by atoms with Crippen LogP contribution in [0.1, 0.15) is 34.4 Å². The van der Waals surface area contributed by atoms with Crippen LogP contribution in [0.15, 0.2) is 44.3 Å². The number of rotatable bonds is 5. The first-order valence-corrected chi connectivity index (χ1v) is 9.03. The number of aryl methyl sites for hydroxylation is 2. The molecule has 0 fully saturated rings. The molecule has 0 spiro atoms. The molecule has 3 aromatic heterocycles. The molecule has 0 aliphatic rings. The lowest BCUT2D eigenvalue weighted by Gasteiger charge is -2.03. The molecule has 0 radical (unpaired) electrons. The molecule has 0 saturated carbocycles. The van der Waals surface area contributed by atoms with Gasteiger partial charge in [-0.25, -0.2) is 14.8 Å². The molecular formula is C20H18N4O5. The van der Waals surface area contributed by atoms with Crippen molar-refractivity contribution in [3.8, 4) is 11.5 Å². The van der Waals surface area contributed by atoms with Crippen LogP contribution < -0.4 is 5.56 Å². The second-order valence-corrected chi connectivity index (χ2v) is 6.50. The summed E-state index contributed by atoms with van der Waals surface area (Å²) in [6.07, 6.45) is 1.32. The standard InChI is InChI=1S/C20H18N4O5/c1-4-27-20(26)16-15-18(29-23-16)21-10-24(19(15)25)9-14-12(3)28-17(22-14)13-7-5-6-11(2)8-13/h5-8,10H,4,9H2,1-3H3. The summed E-state index contributed by atoms with van der Waals surface area (Å²) in [7, 11) is 0. The van der Waals surface area contributed by atoms with E-state index in [1.807, 2.05) is 31.2 Å². The molecule has 0 saturated heterocycles. The molecule has 4 rings (SSSR count). The SMILES string of the molecule is CCOC(=O)c1noc2ncn(Cc3nc(-c4cccc(C)c4)oc3C)c(=O)c12. The maximum Gasteiger partial charge on any atom is 0.361 e. The van der Waals surface area contributed by atoms with E-state index in [4.69, 9.17) is 13.7 Å². The van der Waals surface area contributed by atoms with Crippen molar-refractivity contribution in [1.82, 2.24) is 19.7 Å². The van der Waals surface area contributed by atoms with E-state index in [1.165, 1.54) is 10.9 Å². The maximum atomic E-state index is 12.9. The Kier molecular flexibility index (Phi) is 4.71. The number of benzene rings is 1. The van der Waals surface area contributed by atoms with Crippen LogP contribution in [0.3, 0.4) is 0 Å². The zero-order chi connectivity index (χ0) is 20.5. The first-order chi connectivity index (χ1) is 14.0. The smallest absolute Gasteiger partial charge is 0.361 e. The molecule has 0 atom stereocenters. The topological polar surface area (TPSA) is 113 Å². The van der Waals surface area contributed by atoms with Crippen LogP contribution in [0.2, 0.25) is 0 Å². The molecule has 3 heterocycles. The van der Waals surface area contributed by atoms with Crippen LogP contribution in [-0.2, 0) is 11.3 Å². The second-order valence-electron chi connectivity index (χ2n) is 6.50. The molecule has 0 aliphatic carbocycles. The lowest BCUT2D eigenvalue weighted by molar-refractivity contribution is 0.0516. The van der Waals surface area contributed by atoms with Gasteiger partial charge in [0.25, 0.3) is 11.3 Å². The number of aromatic nitrogens is 4. The second kappa shape index (κ2) is 7.34.